The van der Waals surface area contributed by atoms with E-state index in [0.717, 1.165) is 0 Å². The Labute approximate surface area is 71.6 Å². The van der Waals surface area contributed by atoms with Crippen molar-refractivity contribution >= 4 is 0 Å². The van der Waals surface area contributed by atoms with Gasteiger partial charge in [0, 0.05) is 0 Å². The van der Waals surface area contributed by atoms with Crippen LogP contribution in [0, 0.1) is 30.3 Å². The summed E-state index contributed by atoms with van der Waals surface area (Å²) in [6.45, 7) is 2.45. The van der Waals surface area contributed by atoms with Crippen LogP contribution >= 0.6 is 0 Å². The molecule has 0 aliphatic heterocycles. The van der Waals surface area contributed by atoms with Gasteiger partial charge >= 0.3 is 72.0 Å². The Balaban J connectivity index is 3.87. The van der Waals surface area contributed by atoms with E-state index in [4.69, 9.17) is 6.82 Å². The van der Waals surface area contributed by atoms with Crippen LogP contribution in [-0.4, -0.2) is 27.9 Å². The van der Waals surface area contributed by atoms with Crippen LogP contribution in [-0.2, 0) is 6.82 Å². The first kappa shape index (κ1) is 11.0. The molecule has 0 rings (SSSR count). The van der Waals surface area contributed by atoms with Gasteiger partial charge in [-0.2, -0.15) is 0 Å². The summed E-state index contributed by atoms with van der Waals surface area (Å²) in [6, 6.07) is 0. The summed E-state index contributed by atoms with van der Waals surface area (Å²) in [6.07, 6.45) is 0. The van der Waals surface area contributed by atoms with E-state index < -0.39 is 30.3 Å². The van der Waals surface area contributed by atoms with Crippen molar-refractivity contribution in [2.75, 3.05) is 27.9 Å². The van der Waals surface area contributed by atoms with Crippen molar-refractivity contribution in [2.45, 2.75) is 6.92 Å². The van der Waals surface area contributed by atoms with E-state index in [9.17, 15) is 0 Å². The van der Waals surface area contributed by atoms with E-state index in [1.54, 1.807) is 21.3 Å². The molecule has 0 N–H and O–H groups in total. The molecule has 0 atom stereocenters. The summed E-state index contributed by atoms with van der Waals surface area (Å²) in [7, 11) is 4.65. The molecule has 0 fully saturated rings. The van der Waals surface area contributed by atoms with E-state index in [-0.39, 0.29) is 0 Å². The van der Waals surface area contributed by atoms with Crippen LogP contribution in [0.15, 0.2) is 0 Å². The predicted molar refractivity (Wildman–Crippen MR) is 32.7 cm³/mol. The van der Waals surface area contributed by atoms with Crippen LogP contribution < -0.4 is 0 Å². The number of hydrogen-bond acceptors (Lipinski definition) is 4. The Morgan fingerprint density at radius 1 is 1.00 bits per heavy atom. The fourth-order valence-corrected chi connectivity index (χ4v) is 5.07. The molecule has 0 heterocycles. The normalized spacial score (nSPS) is 12.0. The van der Waals surface area contributed by atoms with Crippen LogP contribution in [0.4, 0.5) is 0 Å². The first-order valence-corrected chi connectivity index (χ1v) is 9.08. The average molecular weight is 277 g/mol. The zero-order valence-electron chi connectivity index (χ0n) is 6.92. The van der Waals surface area contributed by atoms with Crippen LogP contribution in [0.5, 0.6) is 0 Å². The summed E-state index contributed by atoms with van der Waals surface area (Å²) < 4.78 is 20.4. The Morgan fingerprint density at radius 3 is 1.50 bits per heavy atom. The number of hydrogen-bond donors (Lipinski definition) is 0. The van der Waals surface area contributed by atoms with Gasteiger partial charge in [0.05, 0.1) is 0 Å². The quantitative estimate of drug-likeness (QED) is 0.744. The van der Waals surface area contributed by atoms with Gasteiger partial charge in [-0.15, -0.1) is 0 Å². The molecule has 0 aliphatic rings. The second-order valence-corrected chi connectivity index (χ2v) is 10.9. The molecule has 0 spiro atoms. The standard InChI is InChI=1S/C2H5O.3CH3O.La/c1-2-3;3*1-2;/h2H2,1H3;3*1H3;/q4*-1;+4. The van der Waals surface area contributed by atoms with E-state index >= 15 is 0 Å². The third-order valence-electron chi connectivity index (χ3n) is 1.24. The molecular weight excluding hydrogens is 263 g/mol. The fraction of sp³-hybridized carbons (Fsp3) is 1.00. The molecule has 10 heavy (non-hydrogen) atoms. The van der Waals surface area contributed by atoms with E-state index in [1.807, 2.05) is 6.92 Å². The summed E-state index contributed by atoms with van der Waals surface area (Å²) in [5.41, 5.74) is 0. The van der Waals surface area contributed by atoms with Gasteiger partial charge < -0.3 is 0 Å². The summed E-state index contributed by atoms with van der Waals surface area (Å²) >= 11 is -3.62. The van der Waals surface area contributed by atoms with Crippen LogP contribution in [0.3, 0.4) is 0 Å². The maximum absolute atomic E-state index is 5.24. The molecule has 61 valence electrons. The van der Waals surface area contributed by atoms with Crippen molar-refractivity contribution in [1.29, 1.82) is 0 Å². The molecule has 0 saturated heterocycles. The third kappa shape index (κ3) is 2.96. The maximum atomic E-state index is 5.24. The van der Waals surface area contributed by atoms with Crippen molar-refractivity contribution in [2.24, 2.45) is 0 Å². The van der Waals surface area contributed by atoms with Gasteiger partial charge in [0.15, 0.2) is 0 Å². The van der Waals surface area contributed by atoms with Crippen molar-refractivity contribution in [3.05, 3.63) is 0 Å². The molecular formula is C5H14LaO4. The zero-order valence-corrected chi connectivity index (χ0v) is 10.5. The monoisotopic (exact) mass is 277 g/mol. The zero-order chi connectivity index (χ0) is 8.04. The Morgan fingerprint density at radius 2 is 1.40 bits per heavy atom. The summed E-state index contributed by atoms with van der Waals surface area (Å²) in [5.74, 6) is 0. The molecule has 0 aromatic rings. The molecule has 0 amide bonds. The molecule has 0 saturated carbocycles. The van der Waals surface area contributed by atoms with E-state index in [0.29, 0.717) is 6.61 Å². The molecule has 0 aromatic carbocycles. The second kappa shape index (κ2) is 5.66. The van der Waals surface area contributed by atoms with Gasteiger partial charge in [-0.05, 0) is 0 Å². The van der Waals surface area contributed by atoms with Crippen molar-refractivity contribution in [3.8, 4) is 0 Å². The van der Waals surface area contributed by atoms with Crippen molar-refractivity contribution < 1.29 is 37.1 Å². The van der Waals surface area contributed by atoms with Gasteiger partial charge in [-0.25, -0.2) is 0 Å². The van der Waals surface area contributed by atoms with Crippen LogP contribution in [0.2, 0.25) is 0 Å². The SMILES string of the molecule is CC[O][La]([O]C)([O]C)[O]C. The minimum absolute atomic E-state index is 0.570. The minimum atomic E-state index is -3.62. The van der Waals surface area contributed by atoms with Gasteiger partial charge in [0.25, 0.3) is 0 Å². The Hall–Kier alpha value is 1.03. The van der Waals surface area contributed by atoms with Crippen molar-refractivity contribution in [3.63, 3.8) is 0 Å². The average Bonchev–Trinajstić information content (AvgIpc) is 2.01. The molecule has 5 heteroatoms. The summed E-state index contributed by atoms with van der Waals surface area (Å²) in [5, 5.41) is 0. The Bertz CT molecular complexity index is 75.5. The third-order valence-corrected chi connectivity index (χ3v) is 9.00. The van der Waals surface area contributed by atoms with Gasteiger partial charge in [-0.1, -0.05) is 0 Å². The first-order chi connectivity index (χ1) is 4.74. The topological polar surface area (TPSA) is 36.9 Å². The van der Waals surface area contributed by atoms with Crippen LogP contribution in [0.1, 0.15) is 6.92 Å². The molecule has 0 aliphatic carbocycles. The number of rotatable bonds is 5. The van der Waals surface area contributed by atoms with E-state index in [1.165, 1.54) is 0 Å². The van der Waals surface area contributed by atoms with Crippen LogP contribution in [0.25, 0.3) is 0 Å². The van der Waals surface area contributed by atoms with Gasteiger partial charge in [0.1, 0.15) is 0 Å². The molecule has 4 nitrogen and oxygen atoms in total. The molecule has 0 unspecified atom stereocenters. The molecule has 0 radical (unpaired) electrons. The molecule has 0 bridgehead atoms. The van der Waals surface area contributed by atoms with Gasteiger partial charge in [0.2, 0.25) is 0 Å². The molecule has 0 aromatic heterocycles. The fourth-order valence-electron chi connectivity index (χ4n) is 0.697. The van der Waals surface area contributed by atoms with E-state index in [2.05, 4.69) is 0 Å². The second-order valence-electron chi connectivity index (χ2n) is 1.74. The Kier molecular flexibility index (Phi) is 6.24. The predicted octanol–water partition coefficient (Wildman–Crippen LogP) is 0.778. The first-order valence-electron chi connectivity index (χ1n) is 3.16. The van der Waals surface area contributed by atoms with Gasteiger partial charge in [-0.3, -0.25) is 0 Å². The van der Waals surface area contributed by atoms with Crippen molar-refractivity contribution in [1.82, 2.24) is 0 Å². The summed E-state index contributed by atoms with van der Waals surface area (Å²) in [4.78, 5) is 0.